The Hall–Kier alpha value is -1.13. The summed E-state index contributed by atoms with van der Waals surface area (Å²) in [5.74, 6) is 0.849. The van der Waals surface area contributed by atoms with Crippen molar-refractivity contribution in [2.75, 3.05) is 0 Å². The number of oxazole rings is 1. The topological polar surface area (TPSA) is 38.1 Å². The Morgan fingerprint density at radius 2 is 2.38 bits per heavy atom. The molecular weight excluding hydrogens is 268 g/mol. The predicted octanol–water partition coefficient (Wildman–Crippen LogP) is 3.29. The molecule has 0 radical (unpaired) electrons. The number of aromatic nitrogens is 1. The van der Waals surface area contributed by atoms with Gasteiger partial charge in [0.25, 0.3) is 0 Å². The average molecular weight is 281 g/mol. The molecule has 3 nitrogen and oxygen atoms in total. The van der Waals surface area contributed by atoms with E-state index >= 15 is 0 Å². The lowest BCUT2D eigenvalue weighted by Gasteiger charge is -2.13. The van der Waals surface area contributed by atoms with Crippen molar-refractivity contribution in [1.82, 2.24) is 10.3 Å². The van der Waals surface area contributed by atoms with Crippen LogP contribution in [0.1, 0.15) is 24.3 Å². The third kappa shape index (κ3) is 2.93. The quantitative estimate of drug-likeness (QED) is 0.934. The van der Waals surface area contributed by atoms with Gasteiger partial charge < -0.3 is 9.73 Å². The maximum Gasteiger partial charge on any atom is 0.180 e. The molecule has 1 aromatic carbocycles. The highest BCUT2D eigenvalue weighted by Gasteiger charge is 2.05. The van der Waals surface area contributed by atoms with Crippen molar-refractivity contribution in [2.24, 2.45) is 0 Å². The SMILES string of the molecule is CC(NCc1cnco1)c1cccc(Br)c1. The van der Waals surface area contributed by atoms with Gasteiger partial charge >= 0.3 is 0 Å². The second-order valence-corrected chi connectivity index (χ2v) is 4.54. The van der Waals surface area contributed by atoms with Gasteiger partial charge in [0, 0.05) is 10.5 Å². The van der Waals surface area contributed by atoms with Crippen molar-refractivity contribution < 1.29 is 4.42 Å². The summed E-state index contributed by atoms with van der Waals surface area (Å²) in [5, 5.41) is 3.37. The van der Waals surface area contributed by atoms with Gasteiger partial charge in [-0.05, 0) is 24.6 Å². The molecule has 1 unspecified atom stereocenters. The summed E-state index contributed by atoms with van der Waals surface area (Å²) in [6.45, 7) is 2.81. The molecule has 0 fully saturated rings. The fraction of sp³-hybridized carbons (Fsp3) is 0.250. The molecule has 16 heavy (non-hydrogen) atoms. The largest absolute Gasteiger partial charge is 0.447 e. The molecule has 0 spiro atoms. The zero-order chi connectivity index (χ0) is 11.4. The van der Waals surface area contributed by atoms with Gasteiger partial charge in [-0.15, -0.1) is 0 Å². The third-order valence-electron chi connectivity index (χ3n) is 2.41. The third-order valence-corrected chi connectivity index (χ3v) is 2.91. The van der Waals surface area contributed by atoms with E-state index in [1.165, 1.54) is 12.0 Å². The highest BCUT2D eigenvalue weighted by atomic mass is 79.9. The predicted molar refractivity (Wildman–Crippen MR) is 65.9 cm³/mol. The van der Waals surface area contributed by atoms with Crippen LogP contribution in [0.2, 0.25) is 0 Å². The minimum absolute atomic E-state index is 0.280. The number of rotatable bonds is 4. The first-order chi connectivity index (χ1) is 7.75. The van der Waals surface area contributed by atoms with Crippen LogP contribution in [0.15, 0.2) is 45.7 Å². The van der Waals surface area contributed by atoms with Gasteiger partial charge in [0.2, 0.25) is 0 Å². The van der Waals surface area contributed by atoms with Crippen LogP contribution < -0.4 is 5.32 Å². The van der Waals surface area contributed by atoms with Gasteiger partial charge in [-0.2, -0.15) is 0 Å². The Kier molecular flexibility index (Phi) is 3.74. The van der Waals surface area contributed by atoms with E-state index in [0.29, 0.717) is 6.54 Å². The number of halogens is 1. The first-order valence-electron chi connectivity index (χ1n) is 5.12. The van der Waals surface area contributed by atoms with Crippen molar-refractivity contribution in [1.29, 1.82) is 0 Å². The van der Waals surface area contributed by atoms with Crippen molar-refractivity contribution >= 4 is 15.9 Å². The summed E-state index contributed by atoms with van der Waals surface area (Å²) in [7, 11) is 0. The van der Waals surface area contributed by atoms with Crippen LogP contribution in [0.4, 0.5) is 0 Å². The molecular formula is C12H13BrN2O. The van der Waals surface area contributed by atoms with Crippen LogP contribution in [0.3, 0.4) is 0 Å². The molecule has 0 saturated heterocycles. The van der Waals surface area contributed by atoms with Gasteiger partial charge in [-0.3, -0.25) is 0 Å². The zero-order valence-corrected chi connectivity index (χ0v) is 10.6. The number of nitrogens with zero attached hydrogens (tertiary/aromatic N) is 1. The Balaban J connectivity index is 1.95. The normalized spacial score (nSPS) is 12.6. The van der Waals surface area contributed by atoms with E-state index in [1.807, 2.05) is 12.1 Å². The van der Waals surface area contributed by atoms with Crippen molar-refractivity contribution in [3.05, 3.63) is 52.7 Å². The summed E-state index contributed by atoms with van der Waals surface area (Å²) >= 11 is 3.46. The average Bonchev–Trinajstić information content (AvgIpc) is 2.78. The van der Waals surface area contributed by atoms with Crippen LogP contribution in [0.5, 0.6) is 0 Å². The molecule has 0 aliphatic carbocycles. The molecule has 0 saturated carbocycles. The highest BCUT2D eigenvalue weighted by molar-refractivity contribution is 9.10. The van der Waals surface area contributed by atoms with E-state index in [2.05, 4.69) is 45.3 Å². The maximum atomic E-state index is 5.16. The molecule has 1 heterocycles. The second kappa shape index (κ2) is 5.27. The molecule has 2 rings (SSSR count). The van der Waals surface area contributed by atoms with Gasteiger partial charge in [-0.1, -0.05) is 28.1 Å². The first kappa shape index (κ1) is 11.4. The van der Waals surface area contributed by atoms with E-state index in [-0.39, 0.29) is 6.04 Å². The minimum Gasteiger partial charge on any atom is -0.447 e. The lowest BCUT2D eigenvalue weighted by atomic mass is 10.1. The van der Waals surface area contributed by atoms with Crippen molar-refractivity contribution in [3.8, 4) is 0 Å². The number of hydrogen-bond acceptors (Lipinski definition) is 3. The number of nitrogens with one attached hydrogen (secondary N) is 1. The highest BCUT2D eigenvalue weighted by Crippen LogP contribution is 2.18. The van der Waals surface area contributed by atoms with E-state index in [9.17, 15) is 0 Å². The van der Waals surface area contributed by atoms with Crippen molar-refractivity contribution in [2.45, 2.75) is 19.5 Å². The summed E-state index contributed by atoms with van der Waals surface area (Å²) in [5.41, 5.74) is 1.24. The molecule has 1 aromatic heterocycles. The maximum absolute atomic E-state index is 5.16. The fourth-order valence-electron chi connectivity index (χ4n) is 1.48. The summed E-state index contributed by atoms with van der Waals surface area (Å²) < 4.78 is 6.26. The van der Waals surface area contributed by atoms with Crippen LogP contribution >= 0.6 is 15.9 Å². The first-order valence-corrected chi connectivity index (χ1v) is 5.91. The molecule has 4 heteroatoms. The van der Waals surface area contributed by atoms with Gasteiger partial charge in [0.15, 0.2) is 6.39 Å². The minimum atomic E-state index is 0.280. The van der Waals surface area contributed by atoms with E-state index in [4.69, 9.17) is 4.42 Å². The second-order valence-electron chi connectivity index (χ2n) is 3.63. The molecule has 84 valence electrons. The summed E-state index contributed by atoms with van der Waals surface area (Å²) in [6.07, 6.45) is 3.17. The van der Waals surface area contributed by atoms with E-state index in [1.54, 1.807) is 6.20 Å². The Morgan fingerprint density at radius 1 is 1.50 bits per heavy atom. The fourth-order valence-corrected chi connectivity index (χ4v) is 1.89. The Bertz CT molecular complexity index is 442. The van der Waals surface area contributed by atoms with Crippen LogP contribution in [-0.2, 0) is 6.54 Å². The lowest BCUT2D eigenvalue weighted by molar-refractivity contribution is 0.458. The van der Waals surface area contributed by atoms with Crippen molar-refractivity contribution in [3.63, 3.8) is 0 Å². The molecule has 1 atom stereocenters. The number of hydrogen-bond donors (Lipinski definition) is 1. The summed E-state index contributed by atoms with van der Waals surface area (Å²) in [6, 6.07) is 8.54. The number of benzene rings is 1. The van der Waals surface area contributed by atoms with E-state index < -0.39 is 0 Å². The molecule has 2 aromatic rings. The molecule has 0 aliphatic rings. The van der Waals surface area contributed by atoms with Gasteiger partial charge in [0.05, 0.1) is 12.7 Å². The Morgan fingerprint density at radius 3 is 3.06 bits per heavy atom. The standard InChI is InChI=1S/C12H13BrN2O/c1-9(10-3-2-4-11(13)5-10)15-7-12-6-14-8-16-12/h2-6,8-9,15H,7H2,1H3. The smallest absolute Gasteiger partial charge is 0.180 e. The molecule has 0 amide bonds. The molecule has 0 aliphatic heterocycles. The van der Waals surface area contributed by atoms with Crippen LogP contribution in [0, 0.1) is 0 Å². The van der Waals surface area contributed by atoms with E-state index in [0.717, 1.165) is 10.2 Å². The Labute approximate surface area is 103 Å². The monoisotopic (exact) mass is 280 g/mol. The van der Waals surface area contributed by atoms with Crippen LogP contribution in [-0.4, -0.2) is 4.98 Å². The molecule has 0 bridgehead atoms. The van der Waals surface area contributed by atoms with Gasteiger partial charge in [0.1, 0.15) is 5.76 Å². The van der Waals surface area contributed by atoms with Crippen LogP contribution in [0.25, 0.3) is 0 Å². The lowest BCUT2D eigenvalue weighted by Crippen LogP contribution is -2.17. The molecule has 1 N–H and O–H groups in total. The van der Waals surface area contributed by atoms with Gasteiger partial charge in [-0.25, -0.2) is 4.98 Å². The zero-order valence-electron chi connectivity index (χ0n) is 8.98. The summed E-state index contributed by atoms with van der Waals surface area (Å²) in [4.78, 5) is 3.87.